The Hall–Kier alpha value is -2.67. The van der Waals surface area contributed by atoms with Gasteiger partial charge in [-0.2, -0.15) is 0 Å². The molecule has 2 N–H and O–H groups in total. The average molecular weight is 328 g/mol. The molecule has 0 radical (unpaired) electrons. The van der Waals surface area contributed by atoms with Crippen LogP contribution in [0.15, 0.2) is 30.6 Å². The van der Waals surface area contributed by atoms with Crippen LogP contribution in [-0.2, 0) is 6.42 Å². The molecular formula is C17H20N4O3. The number of fused-ring (bicyclic) bond motifs is 1. The number of nitrogens with one attached hydrogen (secondary N) is 2. The van der Waals surface area contributed by atoms with Crippen LogP contribution in [0, 0.1) is 0 Å². The number of benzene rings is 1. The fourth-order valence-corrected chi connectivity index (χ4v) is 2.92. The molecular weight excluding hydrogens is 308 g/mol. The number of rotatable bonds is 5. The highest BCUT2D eigenvalue weighted by molar-refractivity contribution is 5.98. The van der Waals surface area contributed by atoms with Crippen molar-refractivity contribution in [1.82, 2.24) is 20.6 Å². The standard InChI is InChI=1S/C17H20N4O3/c1-23-16-14(17(24-2)21-10-20-16)15(22)19-9-13-12-6-4-3-5-11(12)7-8-18-13/h3-6,10,13,18H,7-9H2,1-2H3,(H,19,22). The lowest BCUT2D eigenvalue weighted by molar-refractivity contribution is 0.0941. The lowest BCUT2D eigenvalue weighted by Crippen LogP contribution is -2.39. The van der Waals surface area contributed by atoms with Gasteiger partial charge in [0.15, 0.2) is 5.56 Å². The number of amides is 1. The van der Waals surface area contributed by atoms with Gasteiger partial charge in [0.2, 0.25) is 11.8 Å². The molecule has 1 aliphatic rings. The lowest BCUT2D eigenvalue weighted by Gasteiger charge is -2.27. The average Bonchev–Trinajstić information content (AvgIpc) is 2.65. The maximum absolute atomic E-state index is 12.6. The van der Waals surface area contributed by atoms with Gasteiger partial charge in [0.1, 0.15) is 6.33 Å². The Bertz CT molecular complexity index is 713. The number of methoxy groups -OCH3 is 2. The van der Waals surface area contributed by atoms with Crippen molar-refractivity contribution in [3.8, 4) is 11.8 Å². The molecule has 0 spiro atoms. The zero-order chi connectivity index (χ0) is 16.9. The van der Waals surface area contributed by atoms with Gasteiger partial charge in [-0.3, -0.25) is 4.79 Å². The van der Waals surface area contributed by atoms with Gasteiger partial charge in [-0.1, -0.05) is 24.3 Å². The Balaban J connectivity index is 1.76. The van der Waals surface area contributed by atoms with E-state index in [0.29, 0.717) is 6.54 Å². The van der Waals surface area contributed by atoms with Crippen LogP contribution in [-0.4, -0.2) is 43.2 Å². The first-order valence-electron chi connectivity index (χ1n) is 7.77. The van der Waals surface area contributed by atoms with E-state index in [9.17, 15) is 4.79 Å². The van der Waals surface area contributed by atoms with Crippen molar-refractivity contribution >= 4 is 5.91 Å². The predicted molar refractivity (Wildman–Crippen MR) is 88.4 cm³/mol. The normalized spacial score (nSPS) is 16.2. The number of carbonyl (C=O) groups excluding carboxylic acids is 1. The van der Waals surface area contributed by atoms with E-state index in [1.54, 1.807) is 0 Å². The Morgan fingerprint density at radius 1 is 1.25 bits per heavy atom. The molecule has 126 valence electrons. The van der Waals surface area contributed by atoms with Crippen LogP contribution < -0.4 is 20.1 Å². The fraction of sp³-hybridized carbons (Fsp3) is 0.353. The summed E-state index contributed by atoms with van der Waals surface area (Å²) in [4.78, 5) is 20.5. The molecule has 3 rings (SSSR count). The zero-order valence-electron chi connectivity index (χ0n) is 13.7. The summed E-state index contributed by atoms with van der Waals surface area (Å²) in [6.07, 6.45) is 2.29. The van der Waals surface area contributed by atoms with Gasteiger partial charge in [-0.05, 0) is 24.1 Å². The summed E-state index contributed by atoms with van der Waals surface area (Å²) in [5.74, 6) is 0.0573. The molecule has 7 heteroatoms. The topological polar surface area (TPSA) is 85.4 Å². The molecule has 1 aromatic heterocycles. The summed E-state index contributed by atoms with van der Waals surface area (Å²) in [7, 11) is 2.91. The minimum atomic E-state index is -0.325. The Morgan fingerprint density at radius 3 is 2.67 bits per heavy atom. The van der Waals surface area contributed by atoms with Crippen molar-refractivity contribution in [2.24, 2.45) is 0 Å². The SMILES string of the molecule is COc1ncnc(OC)c1C(=O)NCC1NCCc2ccccc21. The molecule has 2 aromatic rings. The second-order valence-corrected chi connectivity index (χ2v) is 5.43. The number of carbonyl (C=O) groups is 1. The van der Waals surface area contributed by atoms with Crippen molar-refractivity contribution < 1.29 is 14.3 Å². The van der Waals surface area contributed by atoms with Crippen molar-refractivity contribution in [1.29, 1.82) is 0 Å². The van der Waals surface area contributed by atoms with Gasteiger partial charge in [-0.15, -0.1) is 0 Å². The molecule has 0 bridgehead atoms. The Kier molecular flexibility index (Phi) is 4.90. The summed E-state index contributed by atoms with van der Waals surface area (Å²) in [5, 5.41) is 6.35. The van der Waals surface area contributed by atoms with E-state index >= 15 is 0 Å². The molecule has 24 heavy (non-hydrogen) atoms. The smallest absolute Gasteiger partial charge is 0.262 e. The second-order valence-electron chi connectivity index (χ2n) is 5.43. The van der Waals surface area contributed by atoms with Crippen LogP contribution in [0.3, 0.4) is 0 Å². The molecule has 0 aliphatic carbocycles. The lowest BCUT2D eigenvalue weighted by atomic mass is 9.94. The van der Waals surface area contributed by atoms with Crippen LogP contribution in [0.5, 0.6) is 11.8 Å². The molecule has 0 saturated carbocycles. The number of aromatic nitrogens is 2. The first-order valence-corrected chi connectivity index (χ1v) is 7.77. The molecule has 2 heterocycles. The van der Waals surface area contributed by atoms with Gasteiger partial charge in [0, 0.05) is 12.6 Å². The number of hydrogen-bond donors (Lipinski definition) is 2. The van der Waals surface area contributed by atoms with Gasteiger partial charge in [0.25, 0.3) is 5.91 Å². The van der Waals surface area contributed by atoms with E-state index in [-0.39, 0.29) is 29.3 Å². The van der Waals surface area contributed by atoms with Crippen molar-refractivity contribution in [3.05, 3.63) is 47.3 Å². The van der Waals surface area contributed by atoms with Crippen LogP contribution >= 0.6 is 0 Å². The molecule has 1 aliphatic heterocycles. The van der Waals surface area contributed by atoms with E-state index in [1.807, 2.05) is 12.1 Å². The summed E-state index contributed by atoms with van der Waals surface area (Å²) >= 11 is 0. The maximum Gasteiger partial charge on any atom is 0.262 e. The highest BCUT2D eigenvalue weighted by atomic mass is 16.5. The number of ether oxygens (including phenoxy) is 2. The molecule has 7 nitrogen and oxygen atoms in total. The number of nitrogens with zero attached hydrogens (tertiary/aromatic N) is 2. The Labute approximate surface area is 140 Å². The van der Waals surface area contributed by atoms with Crippen LogP contribution in [0.2, 0.25) is 0 Å². The quantitative estimate of drug-likeness (QED) is 0.855. The highest BCUT2D eigenvalue weighted by Crippen LogP contribution is 2.24. The van der Waals surface area contributed by atoms with Crippen LogP contribution in [0.25, 0.3) is 0 Å². The van der Waals surface area contributed by atoms with Crippen LogP contribution in [0.4, 0.5) is 0 Å². The predicted octanol–water partition coefficient (Wildman–Crippen LogP) is 1.11. The molecule has 1 unspecified atom stereocenters. The third-order valence-electron chi connectivity index (χ3n) is 4.07. The first-order chi connectivity index (χ1) is 11.7. The van der Waals surface area contributed by atoms with Crippen molar-refractivity contribution in [2.45, 2.75) is 12.5 Å². The largest absolute Gasteiger partial charge is 0.480 e. The molecule has 1 atom stereocenters. The van der Waals surface area contributed by atoms with Gasteiger partial charge in [0.05, 0.1) is 14.2 Å². The summed E-state index contributed by atoms with van der Waals surface area (Å²) < 4.78 is 10.3. The van der Waals surface area contributed by atoms with Gasteiger partial charge >= 0.3 is 0 Å². The third kappa shape index (κ3) is 3.16. The van der Waals surface area contributed by atoms with Gasteiger partial charge in [-0.25, -0.2) is 9.97 Å². The van der Waals surface area contributed by atoms with Crippen molar-refractivity contribution in [3.63, 3.8) is 0 Å². The monoisotopic (exact) mass is 328 g/mol. The summed E-state index contributed by atoms with van der Waals surface area (Å²) in [5.41, 5.74) is 2.73. The van der Waals surface area contributed by atoms with Crippen LogP contribution in [0.1, 0.15) is 27.5 Å². The fourth-order valence-electron chi connectivity index (χ4n) is 2.92. The first kappa shape index (κ1) is 16.2. The van der Waals surface area contributed by atoms with E-state index in [0.717, 1.165) is 13.0 Å². The molecule has 1 amide bonds. The van der Waals surface area contributed by atoms with Crippen molar-refractivity contribution in [2.75, 3.05) is 27.3 Å². The second kappa shape index (κ2) is 7.27. The highest BCUT2D eigenvalue weighted by Gasteiger charge is 2.24. The zero-order valence-corrected chi connectivity index (χ0v) is 13.7. The van der Waals surface area contributed by atoms with E-state index < -0.39 is 0 Å². The molecule has 0 fully saturated rings. The van der Waals surface area contributed by atoms with E-state index in [1.165, 1.54) is 31.7 Å². The molecule has 0 saturated heterocycles. The minimum absolute atomic E-state index is 0.0699. The minimum Gasteiger partial charge on any atom is -0.480 e. The third-order valence-corrected chi connectivity index (χ3v) is 4.07. The Morgan fingerprint density at radius 2 is 1.96 bits per heavy atom. The maximum atomic E-state index is 12.6. The number of hydrogen-bond acceptors (Lipinski definition) is 6. The summed E-state index contributed by atoms with van der Waals surface area (Å²) in [6, 6.07) is 8.34. The summed E-state index contributed by atoms with van der Waals surface area (Å²) in [6.45, 7) is 1.34. The van der Waals surface area contributed by atoms with E-state index in [2.05, 4.69) is 32.7 Å². The van der Waals surface area contributed by atoms with E-state index in [4.69, 9.17) is 9.47 Å². The van der Waals surface area contributed by atoms with Gasteiger partial charge < -0.3 is 20.1 Å². The molecule has 1 aromatic carbocycles.